The lowest BCUT2D eigenvalue weighted by Crippen LogP contribution is -2.30. The Morgan fingerprint density at radius 3 is 0.700 bits per heavy atom. The summed E-state index contributed by atoms with van der Waals surface area (Å²) in [6.07, 6.45) is 86.1. The van der Waals surface area contributed by atoms with E-state index in [9.17, 15) is 14.4 Å². The molecule has 0 aliphatic heterocycles. The van der Waals surface area contributed by atoms with Gasteiger partial charge in [0.05, 0.1) is 0 Å². The number of allylic oxidation sites excluding steroid dienone is 6. The third-order valence-electron chi connectivity index (χ3n) is 16.4. The molecule has 470 valence electrons. The van der Waals surface area contributed by atoms with Crippen LogP contribution < -0.4 is 0 Å². The van der Waals surface area contributed by atoms with Crippen molar-refractivity contribution in [1.82, 2.24) is 0 Å². The number of ether oxygens (including phenoxy) is 3. The van der Waals surface area contributed by atoms with Gasteiger partial charge in [-0.25, -0.2) is 0 Å². The Hall–Kier alpha value is -2.37. The average molecular weight is 1120 g/mol. The zero-order chi connectivity index (χ0) is 57.8. The molecule has 0 aromatic rings. The first-order chi connectivity index (χ1) is 39.5. The first kappa shape index (κ1) is 77.6. The number of hydrogen-bond donors (Lipinski definition) is 0. The van der Waals surface area contributed by atoms with Crippen molar-refractivity contribution in [3.8, 4) is 0 Å². The van der Waals surface area contributed by atoms with Crippen LogP contribution in [0.1, 0.15) is 400 Å². The van der Waals surface area contributed by atoms with Crippen LogP contribution in [0.3, 0.4) is 0 Å². The molecule has 0 radical (unpaired) electrons. The van der Waals surface area contributed by atoms with Gasteiger partial charge in [-0.05, 0) is 57.8 Å². The quantitative estimate of drug-likeness (QED) is 0.0261. The van der Waals surface area contributed by atoms with Crippen LogP contribution in [0.2, 0.25) is 0 Å². The van der Waals surface area contributed by atoms with Crippen LogP contribution in [-0.4, -0.2) is 37.2 Å². The van der Waals surface area contributed by atoms with E-state index in [0.29, 0.717) is 19.3 Å². The van der Waals surface area contributed by atoms with Crippen molar-refractivity contribution in [3.05, 3.63) is 36.5 Å². The molecular formula is C74H138O6. The van der Waals surface area contributed by atoms with E-state index in [1.807, 2.05) is 0 Å². The fraction of sp³-hybridized carbons (Fsp3) is 0.878. The normalized spacial score (nSPS) is 12.2. The highest BCUT2D eigenvalue weighted by molar-refractivity contribution is 5.71. The monoisotopic (exact) mass is 1120 g/mol. The van der Waals surface area contributed by atoms with Crippen LogP contribution in [0, 0.1) is 0 Å². The molecule has 1 atom stereocenters. The molecule has 80 heavy (non-hydrogen) atoms. The lowest BCUT2D eigenvalue weighted by Gasteiger charge is -2.18. The molecule has 0 aromatic carbocycles. The largest absolute Gasteiger partial charge is 0.462 e. The summed E-state index contributed by atoms with van der Waals surface area (Å²) >= 11 is 0. The van der Waals surface area contributed by atoms with Crippen molar-refractivity contribution in [1.29, 1.82) is 0 Å². The smallest absolute Gasteiger partial charge is 0.306 e. The number of unbranched alkanes of at least 4 members (excludes halogenated alkanes) is 50. The summed E-state index contributed by atoms with van der Waals surface area (Å²) in [7, 11) is 0. The Balaban J connectivity index is 4.20. The van der Waals surface area contributed by atoms with Crippen LogP contribution >= 0.6 is 0 Å². The summed E-state index contributed by atoms with van der Waals surface area (Å²) in [4.78, 5) is 38.4. The van der Waals surface area contributed by atoms with Gasteiger partial charge in [-0.15, -0.1) is 0 Å². The predicted octanol–water partition coefficient (Wildman–Crippen LogP) is 24.7. The van der Waals surface area contributed by atoms with E-state index in [1.165, 1.54) is 289 Å². The van der Waals surface area contributed by atoms with Crippen LogP contribution in [0.4, 0.5) is 0 Å². The Morgan fingerprint density at radius 2 is 0.450 bits per heavy atom. The van der Waals surface area contributed by atoms with E-state index in [2.05, 4.69) is 57.2 Å². The van der Waals surface area contributed by atoms with Gasteiger partial charge >= 0.3 is 17.9 Å². The summed E-state index contributed by atoms with van der Waals surface area (Å²) in [6, 6.07) is 0. The summed E-state index contributed by atoms with van der Waals surface area (Å²) in [6.45, 7) is 6.70. The molecule has 0 amide bonds. The number of rotatable bonds is 67. The minimum Gasteiger partial charge on any atom is -0.462 e. The predicted molar refractivity (Wildman–Crippen MR) is 349 cm³/mol. The minimum absolute atomic E-state index is 0.0661. The van der Waals surface area contributed by atoms with E-state index >= 15 is 0 Å². The number of carbonyl (C=O) groups is 3. The van der Waals surface area contributed by atoms with Crippen LogP contribution in [0.25, 0.3) is 0 Å². The van der Waals surface area contributed by atoms with Gasteiger partial charge < -0.3 is 14.2 Å². The molecule has 0 bridgehead atoms. The van der Waals surface area contributed by atoms with Crippen molar-refractivity contribution in [2.75, 3.05) is 13.2 Å². The highest BCUT2D eigenvalue weighted by Crippen LogP contribution is 2.19. The van der Waals surface area contributed by atoms with E-state index < -0.39 is 6.10 Å². The molecule has 0 heterocycles. The van der Waals surface area contributed by atoms with Crippen molar-refractivity contribution >= 4 is 17.9 Å². The Labute approximate surface area is 499 Å². The standard InChI is InChI=1S/C74H138O6/c1-4-7-10-13-16-19-22-25-27-29-31-33-35-36-37-38-40-41-43-45-47-49-52-55-58-61-64-67-73(76)79-70-71(69-78-72(75)66-63-60-57-54-51-24-21-18-15-12-9-6-3)80-74(77)68-65-62-59-56-53-50-48-46-44-42-39-34-32-30-28-26-23-20-17-14-11-8-5-2/h22,25,29,31,35-36,71H,4-21,23-24,26-28,30,32-34,37-70H2,1-3H3/b25-22-,31-29-,36-35-. The second-order valence-corrected chi connectivity index (χ2v) is 24.5. The van der Waals surface area contributed by atoms with Crippen molar-refractivity contribution < 1.29 is 28.6 Å². The highest BCUT2D eigenvalue weighted by atomic mass is 16.6. The summed E-state index contributed by atoms with van der Waals surface area (Å²) in [5.74, 6) is -0.837. The average Bonchev–Trinajstić information content (AvgIpc) is 3.46. The molecule has 0 aromatic heterocycles. The van der Waals surface area contributed by atoms with Gasteiger partial charge in [0, 0.05) is 19.3 Å². The Kier molecular flexibility index (Phi) is 67.1. The van der Waals surface area contributed by atoms with Gasteiger partial charge in [-0.3, -0.25) is 14.4 Å². The molecule has 0 aliphatic rings. The number of esters is 3. The zero-order valence-electron chi connectivity index (χ0n) is 54.1. The summed E-state index contributed by atoms with van der Waals surface area (Å²) < 4.78 is 17.0. The third kappa shape index (κ3) is 66.4. The minimum atomic E-state index is -0.769. The molecule has 1 unspecified atom stereocenters. The van der Waals surface area contributed by atoms with Crippen LogP contribution in [0.5, 0.6) is 0 Å². The molecule has 0 N–H and O–H groups in total. The Bertz CT molecular complexity index is 1340. The molecule has 6 heteroatoms. The fourth-order valence-corrected chi connectivity index (χ4v) is 11.0. The third-order valence-corrected chi connectivity index (χ3v) is 16.4. The van der Waals surface area contributed by atoms with Crippen LogP contribution in [0.15, 0.2) is 36.5 Å². The fourth-order valence-electron chi connectivity index (χ4n) is 11.0. The second-order valence-electron chi connectivity index (χ2n) is 24.5. The number of carbonyl (C=O) groups excluding carboxylic acids is 3. The van der Waals surface area contributed by atoms with Crippen LogP contribution in [-0.2, 0) is 28.6 Å². The second kappa shape index (κ2) is 69.1. The molecule has 0 saturated heterocycles. The van der Waals surface area contributed by atoms with Crippen molar-refractivity contribution in [2.24, 2.45) is 0 Å². The van der Waals surface area contributed by atoms with Gasteiger partial charge in [0.15, 0.2) is 6.10 Å². The molecule has 0 saturated carbocycles. The Morgan fingerprint density at radius 1 is 0.250 bits per heavy atom. The molecule has 6 nitrogen and oxygen atoms in total. The van der Waals surface area contributed by atoms with Gasteiger partial charge in [0.2, 0.25) is 0 Å². The van der Waals surface area contributed by atoms with Gasteiger partial charge in [-0.2, -0.15) is 0 Å². The summed E-state index contributed by atoms with van der Waals surface area (Å²) in [5.41, 5.74) is 0. The lowest BCUT2D eigenvalue weighted by molar-refractivity contribution is -0.167. The molecular weight excluding hydrogens is 985 g/mol. The van der Waals surface area contributed by atoms with Crippen molar-refractivity contribution in [2.45, 2.75) is 406 Å². The summed E-state index contributed by atoms with van der Waals surface area (Å²) in [5, 5.41) is 0. The first-order valence-electron chi connectivity index (χ1n) is 36.0. The van der Waals surface area contributed by atoms with Crippen molar-refractivity contribution in [3.63, 3.8) is 0 Å². The van der Waals surface area contributed by atoms with E-state index in [4.69, 9.17) is 14.2 Å². The van der Waals surface area contributed by atoms with Gasteiger partial charge in [0.1, 0.15) is 13.2 Å². The topological polar surface area (TPSA) is 78.9 Å². The van der Waals surface area contributed by atoms with Gasteiger partial charge in [0.25, 0.3) is 0 Å². The SMILES string of the molecule is CCCCCCC/C=C\C/C=C\C/C=C\CCCCCCCCCCCCCCC(=O)OCC(COC(=O)CCCCCCCCCCCCCC)OC(=O)CCCCCCCCCCCCCCCCCCCCCCCCC. The molecule has 0 fully saturated rings. The maximum absolute atomic E-state index is 13.0. The van der Waals surface area contributed by atoms with E-state index in [-0.39, 0.29) is 31.1 Å². The molecule has 0 spiro atoms. The van der Waals surface area contributed by atoms with E-state index in [0.717, 1.165) is 70.6 Å². The molecule has 0 rings (SSSR count). The maximum Gasteiger partial charge on any atom is 0.306 e. The van der Waals surface area contributed by atoms with Gasteiger partial charge in [-0.1, -0.05) is 359 Å². The number of hydrogen-bond acceptors (Lipinski definition) is 6. The maximum atomic E-state index is 13.0. The van der Waals surface area contributed by atoms with E-state index in [1.54, 1.807) is 0 Å². The lowest BCUT2D eigenvalue weighted by atomic mass is 10.0. The highest BCUT2D eigenvalue weighted by Gasteiger charge is 2.19. The zero-order valence-corrected chi connectivity index (χ0v) is 54.1. The first-order valence-corrected chi connectivity index (χ1v) is 36.0. The molecule has 0 aliphatic carbocycles.